The molecule has 0 spiro atoms. The summed E-state index contributed by atoms with van der Waals surface area (Å²) in [5.74, 6) is 0.431. The minimum Gasteiger partial charge on any atom is -0.344 e. The number of aromatic amines is 1. The van der Waals surface area contributed by atoms with Crippen LogP contribution in [0, 0.1) is 5.92 Å². The summed E-state index contributed by atoms with van der Waals surface area (Å²) < 4.78 is 0. The van der Waals surface area contributed by atoms with Crippen LogP contribution in [0.3, 0.4) is 0 Å². The second-order valence-corrected chi connectivity index (χ2v) is 9.46. The molecule has 5 rings (SSSR count). The highest BCUT2D eigenvalue weighted by molar-refractivity contribution is 5.86. The van der Waals surface area contributed by atoms with E-state index in [4.69, 9.17) is 4.98 Å². The summed E-state index contributed by atoms with van der Waals surface area (Å²) in [7, 11) is 0. The first-order chi connectivity index (χ1) is 16.7. The van der Waals surface area contributed by atoms with E-state index < -0.39 is 0 Å². The van der Waals surface area contributed by atoms with Gasteiger partial charge in [0, 0.05) is 32.1 Å². The van der Waals surface area contributed by atoms with E-state index in [9.17, 15) is 0 Å². The third-order valence-corrected chi connectivity index (χ3v) is 7.31. The molecule has 198 valence electrons. The summed E-state index contributed by atoms with van der Waals surface area (Å²) in [4.78, 5) is 11.3. The SMILES string of the molecule is CC(C)C(c1nc[nH]c1-c1ccccc1)(C(c1ccccc1)c1ccccc1)N1CCNCC1.Cl.Cl.Cl. The van der Waals surface area contributed by atoms with Gasteiger partial charge in [0.25, 0.3) is 0 Å². The maximum atomic E-state index is 5.12. The third-order valence-electron chi connectivity index (χ3n) is 7.31. The summed E-state index contributed by atoms with van der Waals surface area (Å²) in [5.41, 5.74) is 5.73. The highest BCUT2D eigenvalue weighted by Crippen LogP contribution is 2.52. The molecule has 2 heterocycles. The van der Waals surface area contributed by atoms with E-state index in [-0.39, 0.29) is 48.7 Å². The Hall–Kier alpha value is -2.34. The summed E-state index contributed by atoms with van der Waals surface area (Å²) in [6, 6.07) is 32.6. The highest BCUT2D eigenvalue weighted by Gasteiger charge is 2.52. The first kappa shape index (κ1) is 30.9. The molecule has 0 aliphatic carbocycles. The van der Waals surface area contributed by atoms with Crippen LogP contribution in [0.4, 0.5) is 0 Å². The zero-order chi connectivity index (χ0) is 23.4. The molecule has 0 amide bonds. The van der Waals surface area contributed by atoms with Gasteiger partial charge in [-0.25, -0.2) is 4.98 Å². The molecule has 0 bridgehead atoms. The Bertz CT molecular complexity index is 1140. The second kappa shape index (κ2) is 14.0. The first-order valence-corrected chi connectivity index (χ1v) is 12.4. The zero-order valence-electron chi connectivity index (χ0n) is 21.3. The average molecular weight is 560 g/mol. The van der Waals surface area contributed by atoms with E-state index in [2.05, 4.69) is 120 Å². The van der Waals surface area contributed by atoms with Crippen LogP contribution in [-0.4, -0.2) is 41.0 Å². The number of hydrogen-bond donors (Lipinski definition) is 2. The monoisotopic (exact) mass is 558 g/mol. The van der Waals surface area contributed by atoms with E-state index in [0.29, 0.717) is 5.92 Å². The van der Waals surface area contributed by atoms with Gasteiger partial charge in [0.2, 0.25) is 0 Å². The molecule has 37 heavy (non-hydrogen) atoms. The topological polar surface area (TPSA) is 44.0 Å². The van der Waals surface area contributed by atoms with Crippen LogP contribution in [0.1, 0.15) is 36.6 Å². The van der Waals surface area contributed by atoms with Crippen molar-refractivity contribution in [2.75, 3.05) is 26.2 Å². The largest absolute Gasteiger partial charge is 0.344 e. The number of nitrogens with zero attached hydrogens (tertiary/aromatic N) is 2. The van der Waals surface area contributed by atoms with Crippen LogP contribution in [-0.2, 0) is 5.54 Å². The summed E-state index contributed by atoms with van der Waals surface area (Å²) in [5, 5.41) is 3.57. The summed E-state index contributed by atoms with van der Waals surface area (Å²) in [6.45, 7) is 8.66. The van der Waals surface area contributed by atoms with Gasteiger partial charge < -0.3 is 10.3 Å². The fraction of sp³-hybridized carbons (Fsp3) is 0.300. The lowest BCUT2D eigenvalue weighted by molar-refractivity contribution is 0.0118. The van der Waals surface area contributed by atoms with Gasteiger partial charge in [-0.2, -0.15) is 0 Å². The van der Waals surface area contributed by atoms with Crippen LogP contribution in [0.15, 0.2) is 97.3 Å². The normalized spacial score (nSPS) is 15.2. The Morgan fingerprint density at radius 1 is 0.730 bits per heavy atom. The number of piperazine rings is 1. The molecular formula is C30H37Cl3N4. The number of aromatic nitrogens is 2. The van der Waals surface area contributed by atoms with Gasteiger partial charge in [0.15, 0.2) is 0 Å². The van der Waals surface area contributed by atoms with Crippen LogP contribution in [0.5, 0.6) is 0 Å². The van der Waals surface area contributed by atoms with Crippen molar-refractivity contribution in [2.24, 2.45) is 5.92 Å². The highest BCUT2D eigenvalue weighted by atomic mass is 35.5. The molecule has 1 unspecified atom stereocenters. The van der Waals surface area contributed by atoms with Crippen molar-refractivity contribution in [3.8, 4) is 11.3 Å². The molecule has 0 saturated carbocycles. The Morgan fingerprint density at radius 3 is 1.70 bits per heavy atom. The zero-order valence-corrected chi connectivity index (χ0v) is 23.8. The van der Waals surface area contributed by atoms with E-state index in [1.807, 2.05) is 6.33 Å². The molecule has 7 heteroatoms. The lowest BCUT2D eigenvalue weighted by Gasteiger charge is -2.53. The van der Waals surface area contributed by atoms with Gasteiger partial charge in [0.05, 0.1) is 23.3 Å². The van der Waals surface area contributed by atoms with E-state index >= 15 is 0 Å². The molecule has 1 aliphatic heterocycles. The van der Waals surface area contributed by atoms with Crippen molar-refractivity contribution in [3.05, 3.63) is 114 Å². The maximum absolute atomic E-state index is 5.12. The van der Waals surface area contributed by atoms with Crippen molar-refractivity contribution in [1.29, 1.82) is 0 Å². The first-order valence-electron chi connectivity index (χ1n) is 12.4. The van der Waals surface area contributed by atoms with Gasteiger partial charge >= 0.3 is 0 Å². The standard InChI is InChI=1S/C30H34N4.3ClH/c1-23(2)30(34-20-18-31-19-21-34,29-28(32-22-33-29)26-16-10-5-11-17-26)27(24-12-6-3-7-13-24)25-14-8-4-9-15-25;;;/h3-17,22-23,27,31H,18-21H2,1-2H3,(H,32,33);3*1H. The minimum absolute atomic E-state index is 0. The Morgan fingerprint density at radius 2 is 1.22 bits per heavy atom. The van der Waals surface area contributed by atoms with Gasteiger partial charge in [0.1, 0.15) is 0 Å². The van der Waals surface area contributed by atoms with Crippen molar-refractivity contribution in [2.45, 2.75) is 25.3 Å². The minimum atomic E-state index is -0.337. The predicted octanol–water partition coefficient (Wildman–Crippen LogP) is 6.93. The van der Waals surface area contributed by atoms with Gasteiger partial charge in [-0.05, 0) is 22.6 Å². The van der Waals surface area contributed by atoms with Crippen molar-refractivity contribution in [1.82, 2.24) is 20.2 Å². The fourth-order valence-electron chi connectivity index (χ4n) is 5.89. The molecule has 1 aromatic heterocycles. The quantitative estimate of drug-likeness (QED) is 0.258. The number of H-pyrrole nitrogens is 1. The number of imidazole rings is 1. The maximum Gasteiger partial charge on any atom is 0.0928 e. The number of benzene rings is 3. The smallest absolute Gasteiger partial charge is 0.0928 e. The van der Waals surface area contributed by atoms with E-state index in [1.54, 1.807) is 0 Å². The van der Waals surface area contributed by atoms with Crippen molar-refractivity contribution < 1.29 is 0 Å². The summed E-state index contributed by atoms with van der Waals surface area (Å²) >= 11 is 0. The Labute approximate surface area is 239 Å². The van der Waals surface area contributed by atoms with Crippen LogP contribution < -0.4 is 5.32 Å². The number of hydrogen-bond acceptors (Lipinski definition) is 3. The van der Waals surface area contributed by atoms with Crippen molar-refractivity contribution >= 4 is 37.2 Å². The van der Waals surface area contributed by atoms with E-state index in [1.165, 1.54) is 16.7 Å². The number of halogens is 3. The van der Waals surface area contributed by atoms with E-state index in [0.717, 1.165) is 37.6 Å². The molecule has 4 nitrogen and oxygen atoms in total. The fourth-order valence-corrected chi connectivity index (χ4v) is 5.89. The molecule has 4 aromatic rings. The number of nitrogens with one attached hydrogen (secondary N) is 2. The molecule has 1 saturated heterocycles. The van der Waals surface area contributed by atoms with Crippen LogP contribution in [0.25, 0.3) is 11.3 Å². The third kappa shape index (κ3) is 5.89. The lowest BCUT2D eigenvalue weighted by Crippen LogP contribution is -2.60. The molecule has 1 fully saturated rings. The second-order valence-electron chi connectivity index (χ2n) is 9.46. The average Bonchev–Trinajstić information content (AvgIpc) is 3.39. The molecule has 3 aromatic carbocycles. The lowest BCUT2D eigenvalue weighted by atomic mass is 9.65. The Balaban J connectivity index is 0.00000160. The molecule has 1 atom stereocenters. The van der Waals surface area contributed by atoms with Crippen LogP contribution >= 0.6 is 37.2 Å². The van der Waals surface area contributed by atoms with Crippen LogP contribution in [0.2, 0.25) is 0 Å². The summed E-state index contributed by atoms with van der Waals surface area (Å²) in [6.07, 6.45) is 1.88. The van der Waals surface area contributed by atoms with Crippen molar-refractivity contribution in [3.63, 3.8) is 0 Å². The number of rotatable bonds is 7. The van der Waals surface area contributed by atoms with Gasteiger partial charge in [-0.15, -0.1) is 37.2 Å². The predicted molar refractivity (Wildman–Crippen MR) is 161 cm³/mol. The van der Waals surface area contributed by atoms with Gasteiger partial charge in [-0.1, -0.05) is 105 Å². The molecule has 2 N–H and O–H groups in total. The Kier molecular flexibility index (Phi) is 11.7. The van der Waals surface area contributed by atoms with Gasteiger partial charge in [-0.3, -0.25) is 4.90 Å². The molecular weight excluding hydrogens is 523 g/mol. The molecule has 0 radical (unpaired) electrons. The molecule has 1 aliphatic rings.